The largest absolute Gasteiger partial charge is 0.497 e. The minimum absolute atomic E-state index is 0.329. The number of nitrogens with zero attached hydrogens (tertiary/aromatic N) is 1. The summed E-state index contributed by atoms with van der Waals surface area (Å²) < 4.78 is 16.4. The maximum Gasteiger partial charge on any atom is 0.126 e. The van der Waals surface area contributed by atoms with Crippen molar-refractivity contribution in [2.45, 2.75) is 6.10 Å². The highest BCUT2D eigenvalue weighted by Crippen LogP contribution is 2.19. The van der Waals surface area contributed by atoms with Gasteiger partial charge in [-0.3, -0.25) is 0 Å². The van der Waals surface area contributed by atoms with Crippen LogP contribution in [0.4, 0.5) is 5.69 Å². The van der Waals surface area contributed by atoms with Crippen LogP contribution in [0.2, 0.25) is 5.02 Å². The lowest BCUT2D eigenvalue weighted by molar-refractivity contribution is -0.903. The molecule has 6 nitrogen and oxygen atoms in total. The highest BCUT2D eigenvalue weighted by molar-refractivity contribution is 6.30. The van der Waals surface area contributed by atoms with E-state index in [0.29, 0.717) is 31.4 Å². The molecule has 2 aromatic rings. The Labute approximate surface area is 177 Å². The van der Waals surface area contributed by atoms with Gasteiger partial charge in [-0.1, -0.05) is 11.6 Å². The van der Waals surface area contributed by atoms with Crippen molar-refractivity contribution in [3.05, 3.63) is 53.6 Å². The molecule has 2 aromatic carbocycles. The first-order valence-electron chi connectivity index (χ1n) is 10.0. The van der Waals surface area contributed by atoms with Gasteiger partial charge in [-0.15, -0.1) is 0 Å². The van der Waals surface area contributed by atoms with E-state index in [1.807, 2.05) is 24.3 Å². The van der Waals surface area contributed by atoms with Crippen molar-refractivity contribution in [2.75, 3.05) is 64.6 Å². The molecule has 0 aliphatic carbocycles. The predicted octanol–water partition coefficient (Wildman–Crippen LogP) is 1.51. The molecule has 1 atom stereocenters. The molecule has 2 N–H and O–H groups in total. The minimum Gasteiger partial charge on any atom is -0.497 e. The van der Waals surface area contributed by atoms with Crippen LogP contribution in [0.15, 0.2) is 48.5 Å². The summed E-state index contributed by atoms with van der Waals surface area (Å²) >= 11 is 5.84. The molecule has 158 valence electrons. The molecular formula is C22H30ClN2O4+. The van der Waals surface area contributed by atoms with E-state index in [1.54, 1.807) is 19.2 Å². The second kappa shape index (κ2) is 11.3. The van der Waals surface area contributed by atoms with Gasteiger partial charge in [-0.05, 0) is 48.5 Å². The first-order chi connectivity index (χ1) is 14.1. The Morgan fingerprint density at radius 3 is 2.31 bits per heavy atom. The third kappa shape index (κ3) is 7.08. The summed E-state index contributed by atoms with van der Waals surface area (Å²) in [5.74, 6) is 1.64. The summed E-state index contributed by atoms with van der Waals surface area (Å²) in [4.78, 5) is 3.78. The summed E-state index contributed by atoms with van der Waals surface area (Å²) in [5.41, 5.74) is 1.22. The third-order valence-corrected chi connectivity index (χ3v) is 5.30. The highest BCUT2D eigenvalue weighted by Gasteiger charge is 2.22. The third-order valence-electron chi connectivity index (χ3n) is 5.05. The van der Waals surface area contributed by atoms with Gasteiger partial charge in [0.2, 0.25) is 0 Å². The van der Waals surface area contributed by atoms with Crippen molar-refractivity contribution >= 4 is 17.3 Å². The molecule has 1 aliphatic rings. The topological polar surface area (TPSA) is 55.6 Å². The fourth-order valence-corrected chi connectivity index (χ4v) is 3.57. The first kappa shape index (κ1) is 21.7. The molecule has 0 amide bonds. The summed E-state index contributed by atoms with van der Waals surface area (Å²) in [6, 6.07) is 15.4. The molecule has 7 heteroatoms. The highest BCUT2D eigenvalue weighted by atomic mass is 35.5. The van der Waals surface area contributed by atoms with Crippen LogP contribution >= 0.6 is 11.6 Å². The average molecular weight is 422 g/mol. The molecule has 1 aliphatic heterocycles. The van der Waals surface area contributed by atoms with Crippen molar-refractivity contribution in [1.29, 1.82) is 0 Å². The smallest absolute Gasteiger partial charge is 0.126 e. The lowest BCUT2D eigenvalue weighted by atomic mass is 10.2. The summed E-state index contributed by atoms with van der Waals surface area (Å²) in [5, 5.41) is 10.9. The number of ether oxygens (including phenoxy) is 3. The van der Waals surface area contributed by atoms with Crippen molar-refractivity contribution in [3.8, 4) is 11.5 Å². The Hall–Kier alpha value is -1.99. The second-order valence-electron chi connectivity index (χ2n) is 7.17. The number of piperazine rings is 1. The number of hydrogen-bond donors (Lipinski definition) is 2. The standard InChI is InChI=1S/C22H29ClN2O4/c1-27-21-8-4-19(5-9-21)25-12-10-24(11-13-25)16-20(26)17-28-14-15-29-22-6-2-18(23)3-7-22/h2-9,20,26H,10-17H2,1H3/p+1/t20-/m0/s1. The van der Waals surface area contributed by atoms with Crippen LogP contribution in [0.25, 0.3) is 0 Å². The van der Waals surface area contributed by atoms with Crippen LogP contribution in [-0.2, 0) is 4.74 Å². The zero-order chi connectivity index (χ0) is 20.5. The van der Waals surface area contributed by atoms with Gasteiger partial charge in [-0.2, -0.15) is 0 Å². The lowest BCUT2D eigenvalue weighted by Crippen LogP contribution is -3.16. The number of halogens is 1. The van der Waals surface area contributed by atoms with Crippen LogP contribution in [0.1, 0.15) is 0 Å². The van der Waals surface area contributed by atoms with E-state index < -0.39 is 6.10 Å². The molecule has 1 fully saturated rings. The average Bonchev–Trinajstić information content (AvgIpc) is 2.75. The van der Waals surface area contributed by atoms with Crippen LogP contribution in [0, 0.1) is 0 Å². The maximum absolute atomic E-state index is 10.3. The summed E-state index contributed by atoms with van der Waals surface area (Å²) in [6.07, 6.45) is -0.465. The van der Waals surface area contributed by atoms with Crippen molar-refractivity contribution in [2.24, 2.45) is 0 Å². The first-order valence-corrected chi connectivity index (χ1v) is 10.4. The monoisotopic (exact) mass is 421 g/mol. The fraction of sp³-hybridized carbons (Fsp3) is 0.455. The molecule has 0 unspecified atom stereocenters. The van der Waals surface area contributed by atoms with Crippen LogP contribution in [0.3, 0.4) is 0 Å². The number of quaternary nitrogens is 1. The van der Waals surface area contributed by atoms with Crippen LogP contribution in [-0.4, -0.2) is 70.9 Å². The second-order valence-corrected chi connectivity index (χ2v) is 7.61. The molecule has 0 radical (unpaired) electrons. The number of nitrogens with one attached hydrogen (secondary N) is 1. The Kier molecular flexibility index (Phi) is 8.43. The van der Waals surface area contributed by atoms with Gasteiger partial charge in [0.15, 0.2) is 0 Å². The number of anilines is 1. The van der Waals surface area contributed by atoms with Gasteiger partial charge >= 0.3 is 0 Å². The van der Waals surface area contributed by atoms with E-state index in [2.05, 4.69) is 17.0 Å². The van der Waals surface area contributed by atoms with Gasteiger partial charge in [0.25, 0.3) is 0 Å². The predicted molar refractivity (Wildman–Crippen MR) is 115 cm³/mol. The zero-order valence-electron chi connectivity index (χ0n) is 16.9. The SMILES string of the molecule is COc1ccc(N2CC[NH+](C[C@H](O)COCCOc3ccc(Cl)cc3)CC2)cc1. The van der Waals surface area contributed by atoms with Gasteiger partial charge in [0, 0.05) is 10.7 Å². The quantitative estimate of drug-likeness (QED) is 0.569. The number of benzene rings is 2. The Morgan fingerprint density at radius 1 is 1.00 bits per heavy atom. The van der Waals surface area contributed by atoms with E-state index in [1.165, 1.54) is 10.6 Å². The zero-order valence-corrected chi connectivity index (χ0v) is 17.6. The van der Waals surface area contributed by atoms with E-state index in [0.717, 1.165) is 37.7 Å². The van der Waals surface area contributed by atoms with Crippen molar-refractivity contribution in [1.82, 2.24) is 0 Å². The number of methoxy groups -OCH3 is 1. The molecule has 3 rings (SSSR count). The van der Waals surface area contributed by atoms with Gasteiger partial charge in [-0.25, -0.2) is 0 Å². The van der Waals surface area contributed by atoms with Gasteiger partial charge < -0.3 is 29.1 Å². The van der Waals surface area contributed by atoms with Crippen LogP contribution in [0.5, 0.6) is 11.5 Å². The molecule has 1 heterocycles. The van der Waals surface area contributed by atoms with Gasteiger partial charge in [0.1, 0.15) is 30.8 Å². The molecule has 0 bridgehead atoms. The molecule has 29 heavy (non-hydrogen) atoms. The molecular weight excluding hydrogens is 392 g/mol. The molecule has 0 spiro atoms. The number of aliphatic hydroxyl groups excluding tert-OH is 1. The number of hydrogen-bond acceptors (Lipinski definition) is 5. The molecule has 1 saturated heterocycles. The van der Waals surface area contributed by atoms with E-state index in [4.69, 9.17) is 25.8 Å². The number of rotatable bonds is 10. The fourth-order valence-electron chi connectivity index (χ4n) is 3.44. The number of aliphatic hydroxyl groups is 1. The minimum atomic E-state index is -0.465. The summed E-state index contributed by atoms with van der Waals surface area (Å²) in [6.45, 7) is 5.88. The Balaban J connectivity index is 1.28. The van der Waals surface area contributed by atoms with Crippen LogP contribution < -0.4 is 19.3 Å². The van der Waals surface area contributed by atoms with Crippen molar-refractivity contribution in [3.63, 3.8) is 0 Å². The Bertz CT molecular complexity index is 719. The van der Waals surface area contributed by atoms with Gasteiger partial charge in [0.05, 0.1) is 46.5 Å². The summed E-state index contributed by atoms with van der Waals surface area (Å²) in [7, 11) is 1.68. The van der Waals surface area contributed by atoms with E-state index >= 15 is 0 Å². The van der Waals surface area contributed by atoms with E-state index in [-0.39, 0.29) is 0 Å². The molecule has 0 saturated carbocycles. The van der Waals surface area contributed by atoms with E-state index in [9.17, 15) is 5.11 Å². The normalized spacial score (nSPS) is 15.9. The molecule has 0 aromatic heterocycles. The maximum atomic E-state index is 10.3. The van der Waals surface area contributed by atoms with Crippen molar-refractivity contribution < 1.29 is 24.2 Å². The lowest BCUT2D eigenvalue weighted by Gasteiger charge is -2.34. The Morgan fingerprint density at radius 2 is 1.66 bits per heavy atom.